The molecule has 0 radical (unpaired) electrons. The molecule has 0 unspecified atom stereocenters. The molecule has 0 saturated carbocycles. The first kappa shape index (κ1) is 9.36. The first-order valence-electron chi connectivity index (χ1n) is 2.77. The second-order valence-corrected chi connectivity index (χ2v) is 2.51. The smallest absolute Gasteiger partial charge is 0.224 e. The summed E-state index contributed by atoms with van der Waals surface area (Å²) in [7, 11) is 0. The maximum absolute atomic E-state index is 2.23. The van der Waals surface area contributed by atoms with Crippen LogP contribution in [0.4, 0.5) is 0 Å². The second-order valence-electron chi connectivity index (χ2n) is 1.79. The highest BCUT2D eigenvalue weighted by Crippen LogP contribution is 1.94. The summed E-state index contributed by atoms with van der Waals surface area (Å²) < 4.78 is 2.23. The number of nitrogens with zero attached hydrogens (tertiary/aromatic N) is 1. The van der Waals surface area contributed by atoms with Gasteiger partial charge in [-0.15, -0.1) is 0 Å². The van der Waals surface area contributed by atoms with Crippen molar-refractivity contribution in [2.24, 2.45) is 0 Å². The summed E-state index contributed by atoms with van der Waals surface area (Å²) >= 11 is 1.75. The monoisotopic (exact) mass is 255 g/mol. The van der Waals surface area contributed by atoms with E-state index in [9.17, 15) is 0 Å². The molecule has 0 saturated heterocycles. The van der Waals surface area contributed by atoms with Crippen LogP contribution >= 0.6 is 11.3 Å². The highest BCUT2D eigenvalue weighted by Gasteiger charge is 2.00. The van der Waals surface area contributed by atoms with E-state index in [0.29, 0.717) is 0 Å². The van der Waals surface area contributed by atoms with Crippen LogP contribution in [0.5, 0.6) is 0 Å². The summed E-state index contributed by atoms with van der Waals surface area (Å²) in [6.07, 6.45) is 0. The van der Waals surface area contributed by atoms with Crippen molar-refractivity contribution in [3.05, 3.63) is 16.6 Å². The fraction of sp³-hybridized carbons (Fsp3) is 0.500. The first-order valence-corrected chi connectivity index (χ1v) is 3.71. The molecule has 52 valence electrons. The molecule has 1 rings (SSSR count). The molecule has 0 fully saturated rings. The lowest BCUT2D eigenvalue weighted by atomic mass is 10.5. The fourth-order valence-electron chi connectivity index (χ4n) is 0.677. The van der Waals surface area contributed by atoms with Crippen LogP contribution in [-0.2, 0) is 6.54 Å². The van der Waals surface area contributed by atoms with Gasteiger partial charge < -0.3 is 24.0 Å². The van der Waals surface area contributed by atoms with E-state index in [0.717, 1.165) is 6.54 Å². The summed E-state index contributed by atoms with van der Waals surface area (Å²) in [5, 5.41) is 2.16. The molecule has 0 N–H and O–H groups in total. The van der Waals surface area contributed by atoms with Crippen LogP contribution in [0.25, 0.3) is 0 Å². The van der Waals surface area contributed by atoms with E-state index >= 15 is 0 Å². The lowest BCUT2D eigenvalue weighted by Gasteiger charge is -1.82. The second kappa shape index (κ2) is 4.22. The van der Waals surface area contributed by atoms with Crippen molar-refractivity contribution in [3.63, 3.8) is 0 Å². The van der Waals surface area contributed by atoms with Crippen LogP contribution in [0.2, 0.25) is 0 Å². The molecule has 1 heterocycles. The number of hydrogen-bond donors (Lipinski definition) is 0. The van der Waals surface area contributed by atoms with Crippen LogP contribution in [0.3, 0.4) is 0 Å². The number of rotatable bonds is 1. The van der Waals surface area contributed by atoms with E-state index in [-0.39, 0.29) is 24.0 Å². The number of halogens is 1. The minimum atomic E-state index is 0. The molecule has 9 heavy (non-hydrogen) atoms. The van der Waals surface area contributed by atoms with Gasteiger partial charge in [-0.2, -0.15) is 4.57 Å². The Labute approximate surface area is 76.7 Å². The van der Waals surface area contributed by atoms with E-state index < -0.39 is 0 Å². The molecule has 0 aliphatic heterocycles. The average molecular weight is 255 g/mol. The molecule has 0 spiro atoms. The molecule has 1 aromatic rings. The van der Waals surface area contributed by atoms with Crippen molar-refractivity contribution in [2.45, 2.75) is 20.4 Å². The third-order valence-corrected chi connectivity index (χ3v) is 2.07. The van der Waals surface area contributed by atoms with Crippen LogP contribution in [0, 0.1) is 6.92 Å². The van der Waals surface area contributed by atoms with Crippen LogP contribution in [-0.4, -0.2) is 0 Å². The fourth-order valence-corrected chi connectivity index (χ4v) is 1.53. The molecule has 0 bridgehead atoms. The Morgan fingerprint density at radius 2 is 2.33 bits per heavy atom. The molecule has 0 aliphatic rings. The molecule has 0 aliphatic carbocycles. The Balaban J connectivity index is 0.000000640. The van der Waals surface area contributed by atoms with Crippen molar-refractivity contribution in [1.82, 2.24) is 0 Å². The van der Waals surface area contributed by atoms with E-state index in [1.165, 1.54) is 5.69 Å². The minimum Gasteiger partial charge on any atom is -1.00 e. The van der Waals surface area contributed by atoms with Gasteiger partial charge >= 0.3 is 0 Å². The quantitative estimate of drug-likeness (QED) is 0.419. The zero-order valence-corrected chi connectivity index (χ0v) is 8.57. The Kier molecular flexibility index (Phi) is 4.39. The number of thiazole rings is 1. The summed E-state index contributed by atoms with van der Waals surface area (Å²) in [5.41, 5.74) is 3.49. The largest absolute Gasteiger partial charge is 1.00 e. The van der Waals surface area contributed by atoms with Crippen LogP contribution < -0.4 is 28.5 Å². The molecule has 1 nitrogen and oxygen atoms in total. The zero-order valence-electron chi connectivity index (χ0n) is 5.60. The first-order chi connectivity index (χ1) is 3.84. The maximum atomic E-state index is 2.23. The Hall–Kier alpha value is 0.360. The van der Waals surface area contributed by atoms with E-state index in [4.69, 9.17) is 0 Å². The average Bonchev–Trinajstić information content (AvgIpc) is 2.14. The molecule has 0 aromatic carbocycles. The number of hydrogen-bond acceptors (Lipinski definition) is 1. The van der Waals surface area contributed by atoms with Gasteiger partial charge in [-0.05, 0) is 6.92 Å². The van der Waals surface area contributed by atoms with Crippen molar-refractivity contribution < 1.29 is 28.5 Å². The number of aromatic nitrogens is 1. The highest BCUT2D eigenvalue weighted by molar-refractivity contribution is 7.07. The zero-order chi connectivity index (χ0) is 5.98. The van der Waals surface area contributed by atoms with Gasteiger partial charge in [0.05, 0.1) is 5.38 Å². The van der Waals surface area contributed by atoms with Gasteiger partial charge in [-0.3, -0.25) is 0 Å². The summed E-state index contributed by atoms with van der Waals surface area (Å²) in [6.45, 7) is 5.37. The maximum Gasteiger partial charge on any atom is 0.224 e. The Bertz CT molecular complexity index is 173. The van der Waals surface area contributed by atoms with Gasteiger partial charge in [0.25, 0.3) is 0 Å². The summed E-state index contributed by atoms with van der Waals surface area (Å²) in [4.78, 5) is 0. The van der Waals surface area contributed by atoms with E-state index in [2.05, 4.69) is 29.3 Å². The van der Waals surface area contributed by atoms with Gasteiger partial charge in [-0.1, -0.05) is 11.3 Å². The Morgan fingerprint density at radius 1 is 1.67 bits per heavy atom. The molecule has 1 aromatic heterocycles. The lowest BCUT2D eigenvalue weighted by Crippen LogP contribution is -3.00. The predicted molar refractivity (Wildman–Crippen MR) is 34.9 cm³/mol. The molecule has 3 heteroatoms. The summed E-state index contributed by atoms with van der Waals surface area (Å²) in [6, 6.07) is 0. The molecular formula is C6H10INS. The van der Waals surface area contributed by atoms with Gasteiger partial charge in [0.1, 0.15) is 6.54 Å². The van der Waals surface area contributed by atoms with Crippen molar-refractivity contribution in [3.8, 4) is 0 Å². The standard InChI is InChI=1S/C6H10NS.HI/c1-3-7-5-8-4-6(7)2;/h4-5H,3H2,1-2H3;1H/q+1;/p-1. The van der Waals surface area contributed by atoms with E-state index in [1.54, 1.807) is 11.3 Å². The van der Waals surface area contributed by atoms with Crippen molar-refractivity contribution in [2.75, 3.05) is 0 Å². The summed E-state index contributed by atoms with van der Waals surface area (Å²) in [5.74, 6) is 0. The van der Waals surface area contributed by atoms with Crippen LogP contribution in [0.1, 0.15) is 12.6 Å². The van der Waals surface area contributed by atoms with Crippen molar-refractivity contribution >= 4 is 11.3 Å². The molecular weight excluding hydrogens is 245 g/mol. The van der Waals surface area contributed by atoms with Crippen molar-refractivity contribution in [1.29, 1.82) is 0 Å². The molecule has 0 amide bonds. The van der Waals surface area contributed by atoms with Gasteiger partial charge in [0.15, 0.2) is 5.69 Å². The SMILES string of the molecule is CC[n+]1cscc1C.[I-]. The lowest BCUT2D eigenvalue weighted by molar-refractivity contribution is -0.694. The third kappa shape index (κ3) is 2.21. The normalized spacial score (nSPS) is 8.67. The molecule has 0 atom stereocenters. The van der Waals surface area contributed by atoms with Gasteiger partial charge in [0, 0.05) is 6.92 Å². The predicted octanol–water partition coefficient (Wildman–Crippen LogP) is -1.63. The number of aryl methyl sites for hydroxylation is 2. The van der Waals surface area contributed by atoms with Gasteiger partial charge in [-0.25, -0.2) is 0 Å². The van der Waals surface area contributed by atoms with Crippen LogP contribution in [0.15, 0.2) is 10.9 Å². The highest BCUT2D eigenvalue weighted by atomic mass is 127. The minimum absolute atomic E-state index is 0. The van der Waals surface area contributed by atoms with E-state index in [1.807, 2.05) is 0 Å². The Morgan fingerprint density at radius 3 is 2.56 bits per heavy atom. The topological polar surface area (TPSA) is 3.88 Å². The third-order valence-electron chi connectivity index (χ3n) is 1.22. The van der Waals surface area contributed by atoms with Gasteiger partial charge in [0.2, 0.25) is 5.51 Å².